The third-order valence-corrected chi connectivity index (χ3v) is 7.45. The summed E-state index contributed by atoms with van der Waals surface area (Å²) < 4.78 is 14.9. The summed E-state index contributed by atoms with van der Waals surface area (Å²) in [5.41, 5.74) is 3.78. The quantitative estimate of drug-likeness (QED) is 0.392. The van der Waals surface area contributed by atoms with Gasteiger partial charge >= 0.3 is 0 Å². The summed E-state index contributed by atoms with van der Waals surface area (Å²) in [5, 5.41) is 4.68. The minimum Gasteiger partial charge on any atom is -0.493 e. The highest BCUT2D eigenvalue weighted by atomic mass is 32.2. The van der Waals surface area contributed by atoms with Gasteiger partial charge in [0.1, 0.15) is 0 Å². The van der Waals surface area contributed by atoms with Gasteiger partial charge in [0.2, 0.25) is 0 Å². The summed E-state index contributed by atoms with van der Waals surface area (Å²) in [7, 11) is 3.36. The van der Waals surface area contributed by atoms with E-state index in [1.165, 1.54) is 16.7 Å². The third kappa shape index (κ3) is 4.07. The monoisotopic (exact) mass is 445 g/mol. The first-order chi connectivity index (χ1) is 14.1. The number of methoxy groups -OCH3 is 2. The molecule has 0 saturated heterocycles. The molecule has 0 fully saturated rings. The Morgan fingerprint density at radius 1 is 1.17 bits per heavy atom. The molecule has 4 rings (SSSR count). The van der Waals surface area contributed by atoms with Crippen LogP contribution in [0.25, 0.3) is 0 Å². The van der Waals surface area contributed by atoms with E-state index in [2.05, 4.69) is 46.4 Å². The summed E-state index contributed by atoms with van der Waals surface area (Å²) in [6.07, 6.45) is 2.97. The average Bonchev–Trinajstić information content (AvgIpc) is 3.12. The van der Waals surface area contributed by atoms with Crippen molar-refractivity contribution in [2.75, 3.05) is 27.0 Å². The van der Waals surface area contributed by atoms with Crippen molar-refractivity contribution < 1.29 is 9.47 Å². The van der Waals surface area contributed by atoms with Gasteiger partial charge in [-0.1, -0.05) is 53.4 Å². The highest BCUT2D eigenvalue weighted by molar-refractivity contribution is 8.00. The molecule has 29 heavy (non-hydrogen) atoms. The van der Waals surface area contributed by atoms with E-state index in [-0.39, 0.29) is 6.04 Å². The van der Waals surface area contributed by atoms with Crippen LogP contribution in [0.5, 0.6) is 11.5 Å². The second-order valence-electron chi connectivity index (χ2n) is 6.76. The van der Waals surface area contributed by atoms with Crippen molar-refractivity contribution in [3.05, 3.63) is 63.1 Å². The standard InChI is InChI=1S/C21H23N3O2S3/c1-25-17-11-15-9-10-23(13-24-21(27)29-20(22-24)28-3)19(14-7-5-4-6-8-14)16(15)12-18(17)26-2/h4-8,11-12,19H,9-10,13H2,1-3H3/t19-/m0/s1. The van der Waals surface area contributed by atoms with Crippen LogP contribution in [0.15, 0.2) is 46.8 Å². The zero-order valence-corrected chi connectivity index (χ0v) is 19.1. The van der Waals surface area contributed by atoms with E-state index in [1.807, 2.05) is 17.0 Å². The lowest BCUT2D eigenvalue weighted by Gasteiger charge is -2.37. The summed E-state index contributed by atoms with van der Waals surface area (Å²) in [6.45, 7) is 1.57. The van der Waals surface area contributed by atoms with Gasteiger partial charge in [0.15, 0.2) is 19.8 Å². The van der Waals surface area contributed by atoms with Crippen molar-refractivity contribution in [3.8, 4) is 11.5 Å². The fraction of sp³-hybridized carbons (Fsp3) is 0.333. The average molecular weight is 446 g/mol. The van der Waals surface area contributed by atoms with Crippen LogP contribution >= 0.6 is 35.3 Å². The number of hydrogen-bond acceptors (Lipinski definition) is 7. The Morgan fingerprint density at radius 2 is 1.90 bits per heavy atom. The summed E-state index contributed by atoms with van der Waals surface area (Å²) in [5.74, 6) is 1.53. The van der Waals surface area contributed by atoms with Crippen LogP contribution in [0.1, 0.15) is 22.7 Å². The number of rotatable bonds is 6. The van der Waals surface area contributed by atoms with Crippen molar-refractivity contribution in [1.29, 1.82) is 0 Å². The van der Waals surface area contributed by atoms with Gasteiger partial charge in [-0.15, -0.1) is 0 Å². The van der Waals surface area contributed by atoms with Gasteiger partial charge in [-0.3, -0.25) is 4.90 Å². The maximum atomic E-state index is 5.60. The maximum Gasteiger partial charge on any atom is 0.181 e. The van der Waals surface area contributed by atoms with Crippen molar-refractivity contribution in [1.82, 2.24) is 14.7 Å². The Bertz CT molecular complexity index is 1050. The minimum atomic E-state index is 0.0982. The molecule has 2 aromatic carbocycles. The molecule has 0 saturated carbocycles. The molecular weight excluding hydrogens is 422 g/mol. The number of hydrogen-bond donors (Lipinski definition) is 0. The SMILES string of the molecule is COc1cc2c(cc1OC)[C@H](c1ccccc1)N(Cn1nc(SC)sc1=S)CC2. The lowest BCUT2D eigenvalue weighted by molar-refractivity contribution is 0.154. The molecule has 1 atom stereocenters. The van der Waals surface area contributed by atoms with Crippen LogP contribution in [0.4, 0.5) is 0 Å². The smallest absolute Gasteiger partial charge is 0.181 e. The molecule has 0 aliphatic carbocycles. The van der Waals surface area contributed by atoms with Crippen LogP contribution in [-0.4, -0.2) is 41.7 Å². The highest BCUT2D eigenvalue weighted by Crippen LogP contribution is 2.41. The van der Waals surface area contributed by atoms with Crippen molar-refractivity contribution in [2.45, 2.75) is 23.5 Å². The second kappa shape index (κ2) is 8.87. The summed E-state index contributed by atoms with van der Waals surface area (Å²) in [6, 6.07) is 14.9. The van der Waals surface area contributed by atoms with Gasteiger partial charge in [0.05, 0.1) is 26.9 Å². The Morgan fingerprint density at radius 3 is 2.55 bits per heavy atom. The number of aromatic nitrogens is 2. The first-order valence-electron chi connectivity index (χ1n) is 9.30. The molecule has 2 heterocycles. The van der Waals surface area contributed by atoms with Crippen molar-refractivity contribution >= 4 is 35.3 Å². The predicted octanol–water partition coefficient (Wildman–Crippen LogP) is 5.02. The Hall–Kier alpha value is -1.87. The molecule has 1 aliphatic heterocycles. The first-order valence-corrected chi connectivity index (χ1v) is 11.7. The van der Waals surface area contributed by atoms with Gasteiger partial charge in [-0.2, -0.15) is 5.10 Å². The van der Waals surface area contributed by atoms with E-state index in [4.69, 9.17) is 21.7 Å². The van der Waals surface area contributed by atoms with E-state index < -0.39 is 0 Å². The fourth-order valence-corrected chi connectivity index (χ4v) is 5.54. The van der Waals surface area contributed by atoms with Crippen LogP contribution in [0.3, 0.4) is 0 Å². The third-order valence-electron chi connectivity index (χ3n) is 5.17. The number of thioether (sulfide) groups is 1. The van der Waals surface area contributed by atoms with Gasteiger partial charge in [-0.25, -0.2) is 4.68 Å². The molecule has 1 aromatic heterocycles. The van der Waals surface area contributed by atoms with Gasteiger partial charge in [0, 0.05) is 6.54 Å². The zero-order valence-electron chi connectivity index (χ0n) is 16.6. The fourth-order valence-electron chi connectivity index (χ4n) is 3.81. The van der Waals surface area contributed by atoms with Crippen LogP contribution < -0.4 is 9.47 Å². The molecule has 152 valence electrons. The van der Waals surface area contributed by atoms with Crippen LogP contribution in [0, 0.1) is 3.95 Å². The van der Waals surface area contributed by atoms with E-state index in [0.29, 0.717) is 6.67 Å². The van der Waals surface area contributed by atoms with Crippen LogP contribution in [0.2, 0.25) is 0 Å². The molecule has 3 aromatic rings. The van der Waals surface area contributed by atoms with E-state index in [9.17, 15) is 0 Å². The zero-order chi connectivity index (χ0) is 20.4. The van der Waals surface area contributed by atoms with E-state index in [1.54, 1.807) is 37.3 Å². The lowest BCUT2D eigenvalue weighted by atomic mass is 9.88. The lowest BCUT2D eigenvalue weighted by Crippen LogP contribution is -2.37. The highest BCUT2D eigenvalue weighted by Gasteiger charge is 2.31. The molecule has 1 aliphatic rings. The molecule has 0 amide bonds. The minimum absolute atomic E-state index is 0.0982. The number of fused-ring (bicyclic) bond motifs is 1. The predicted molar refractivity (Wildman–Crippen MR) is 121 cm³/mol. The number of nitrogens with zero attached hydrogens (tertiary/aromatic N) is 3. The van der Waals surface area contributed by atoms with E-state index >= 15 is 0 Å². The van der Waals surface area contributed by atoms with Crippen molar-refractivity contribution in [2.24, 2.45) is 0 Å². The summed E-state index contributed by atoms with van der Waals surface area (Å²) in [4.78, 5) is 2.43. The van der Waals surface area contributed by atoms with Gasteiger partial charge < -0.3 is 9.47 Å². The van der Waals surface area contributed by atoms with Crippen LogP contribution in [-0.2, 0) is 13.1 Å². The second-order valence-corrected chi connectivity index (χ2v) is 9.44. The molecule has 8 heteroatoms. The normalized spacial score (nSPS) is 16.4. The molecule has 0 bridgehead atoms. The molecular formula is C21H23N3O2S3. The number of benzene rings is 2. The Kier molecular flexibility index (Phi) is 6.24. The van der Waals surface area contributed by atoms with Gasteiger partial charge in [0.25, 0.3) is 0 Å². The molecule has 0 radical (unpaired) electrons. The number of ether oxygens (including phenoxy) is 2. The maximum absolute atomic E-state index is 5.60. The largest absolute Gasteiger partial charge is 0.493 e. The van der Waals surface area contributed by atoms with E-state index in [0.717, 1.165) is 32.8 Å². The molecule has 0 spiro atoms. The Balaban J connectivity index is 1.78. The first kappa shape index (κ1) is 20.4. The molecule has 0 unspecified atom stereocenters. The molecule has 0 N–H and O–H groups in total. The summed E-state index contributed by atoms with van der Waals surface area (Å²) >= 11 is 8.75. The van der Waals surface area contributed by atoms with Crippen molar-refractivity contribution in [3.63, 3.8) is 0 Å². The van der Waals surface area contributed by atoms with Gasteiger partial charge in [-0.05, 0) is 53.7 Å². The topological polar surface area (TPSA) is 39.5 Å². The molecule has 5 nitrogen and oxygen atoms in total. The Labute approximate surface area is 184 Å².